The third-order valence-electron chi connectivity index (χ3n) is 2.52. The van der Waals surface area contributed by atoms with Gasteiger partial charge in [0.2, 0.25) is 5.91 Å². The minimum Gasteiger partial charge on any atom is -0.464 e. The first-order chi connectivity index (χ1) is 7.47. The molecule has 0 saturated heterocycles. The van der Waals surface area contributed by atoms with Gasteiger partial charge in [-0.25, -0.2) is 0 Å². The first-order valence-electron chi connectivity index (χ1n) is 4.95. The fraction of sp³-hybridized carbons (Fsp3) is 0.333. The average Bonchev–Trinajstić information content (AvgIpc) is 2.26. The number of nitrogens with two attached hydrogens (primary N) is 1. The summed E-state index contributed by atoms with van der Waals surface area (Å²) in [5, 5.41) is 0. The molecule has 4 heteroatoms. The molecule has 0 radical (unpaired) electrons. The zero-order valence-electron chi connectivity index (χ0n) is 9.40. The summed E-state index contributed by atoms with van der Waals surface area (Å²) >= 11 is 0. The van der Waals surface area contributed by atoms with Gasteiger partial charge in [0.25, 0.3) is 0 Å². The fourth-order valence-corrected chi connectivity index (χ4v) is 1.35. The van der Waals surface area contributed by atoms with Crippen molar-refractivity contribution in [1.82, 2.24) is 0 Å². The standard InChI is InChI=1S/C12H15NO3/c1-9(14)16-8-12(2,11(13)15)10-6-4-3-5-7-10/h3-7H,8H2,1-2H3,(H2,13,15)/t12-/m1/s1. The van der Waals surface area contributed by atoms with E-state index in [-0.39, 0.29) is 6.61 Å². The second kappa shape index (κ2) is 4.79. The van der Waals surface area contributed by atoms with Crippen LogP contribution in [0.2, 0.25) is 0 Å². The Labute approximate surface area is 94.4 Å². The third-order valence-corrected chi connectivity index (χ3v) is 2.52. The van der Waals surface area contributed by atoms with E-state index in [0.717, 1.165) is 5.56 Å². The number of benzene rings is 1. The Hall–Kier alpha value is -1.84. The van der Waals surface area contributed by atoms with Crippen LogP contribution in [0.25, 0.3) is 0 Å². The lowest BCUT2D eigenvalue weighted by Gasteiger charge is -2.25. The molecule has 16 heavy (non-hydrogen) atoms. The van der Waals surface area contributed by atoms with Gasteiger partial charge in [0, 0.05) is 6.92 Å². The van der Waals surface area contributed by atoms with Gasteiger partial charge in [-0.3, -0.25) is 9.59 Å². The summed E-state index contributed by atoms with van der Waals surface area (Å²) in [6, 6.07) is 9.04. The van der Waals surface area contributed by atoms with Crippen molar-refractivity contribution in [2.75, 3.05) is 6.61 Å². The molecule has 0 aliphatic heterocycles. The summed E-state index contributed by atoms with van der Waals surface area (Å²) in [6.07, 6.45) is 0. The van der Waals surface area contributed by atoms with Gasteiger partial charge < -0.3 is 10.5 Å². The zero-order chi connectivity index (χ0) is 12.2. The highest BCUT2D eigenvalue weighted by Gasteiger charge is 2.34. The summed E-state index contributed by atoms with van der Waals surface area (Å²) in [5.41, 5.74) is 5.12. The van der Waals surface area contributed by atoms with Gasteiger partial charge >= 0.3 is 5.97 Å². The van der Waals surface area contributed by atoms with E-state index >= 15 is 0 Å². The second-order valence-corrected chi connectivity index (χ2v) is 3.84. The van der Waals surface area contributed by atoms with Crippen LogP contribution in [-0.4, -0.2) is 18.5 Å². The molecule has 1 aromatic carbocycles. The van der Waals surface area contributed by atoms with Gasteiger partial charge in [-0.1, -0.05) is 30.3 Å². The predicted octanol–water partition coefficient (Wildman–Crippen LogP) is 0.993. The summed E-state index contributed by atoms with van der Waals surface area (Å²) in [5.74, 6) is -0.941. The Morgan fingerprint density at radius 1 is 1.31 bits per heavy atom. The van der Waals surface area contributed by atoms with E-state index in [9.17, 15) is 9.59 Å². The predicted molar refractivity (Wildman–Crippen MR) is 59.6 cm³/mol. The normalized spacial score (nSPS) is 13.9. The van der Waals surface area contributed by atoms with E-state index < -0.39 is 17.3 Å². The molecule has 0 bridgehead atoms. The largest absolute Gasteiger partial charge is 0.464 e. The van der Waals surface area contributed by atoms with Crippen LogP contribution in [0.15, 0.2) is 30.3 Å². The number of amides is 1. The van der Waals surface area contributed by atoms with E-state index in [1.54, 1.807) is 19.1 Å². The van der Waals surface area contributed by atoms with Crippen molar-refractivity contribution in [3.05, 3.63) is 35.9 Å². The first-order valence-corrected chi connectivity index (χ1v) is 4.95. The topological polar surface area (TPSA) is 69.4 Å². The Balaban J connectivity index is 2.98. The van der Waals surface area contributed by atoms with E-state index in [0.29, 0.717) is 0 Å². The molecule has 1 atom stereocenters. The SMILES string of the molecule is CC(=O)OC[C@@](C)(C(N)=O)c1ccccc1. The number of ether oxygens (including phenoxy) is 1. The number of primary amides is 1. The molecule has 0 heterocycles. The molecule has 0 aliphatic rings. The molecule has 0 aliphatic carbocycles. The fourth-order valence-electron chi connectivity index (χ4n) is 1.35. The Morgan fingerprint density at radius 2 is 1.88 bits per heavy atom. The third kappa shape index (κ3) is 2.59. The minimum absolute atomic E-state index is 0.0400. The number of carbonyl (C=O) groups excluding carboxylic acids is 2. The lowest BCUT2D eigenvalue weighted by atomic mass is 9.82. The number of hydrogen-bond acceptors (Lipinski definition) is 3. The van der Waals surface area contributed by atoms with Crippen LogP contribution < -0.4 is 5.73 Å². The summed E-state index contributed by atoms with van der Waals surface area (Å²) < 4.78 is 4.88. The van der Waals surface area contributed by atoms with Gasteiger partial charge in [0.1, 0.15) is 12.0 Å². The van der Waals surface area contributed by atoms with Crippen molar-refractivity contribution in [2.24, 2.45) is 5.73 Å². The highest BCUT2D eigenvalue weighted by Crippen LogP contribution is 2.23. The van der Waals surface area contributed by atoms with Crippen LogP contribution in [-0.2, 0) is 19.7 Å². The lowest BCUT2D eigenvalue weighted by molar-refractivity contribution is -0.144. The Morgan fingerprint density at radius 3 is 2.31 bits per heavy atom. The Bertz CT molecular complexity index is 389. The minimum atomic E-state index is -0.979. The van der Waals surface area contributed by atoms with Gasteiger partial charge in [-0.05, 0) is 12.5 Å². The van der Waals surface area contributed by atoms with Gasteiger partial charge in [-0.15, -0.1) is 0 Å². The maximum atomic E-state index is 11.5. The number of carbonyl (C=O) groups is 2. The van der Waals surface area contributed by atoms with E-state index in [1.165, 1.54) is 6.92 Å². The molecule has 2 N–H and O–H groups in total. The smallest absolute Gasteiger partial charge is 0.302 e. The van der Waals surface area contributed by atoms with Crippen molar-refractivity contribution in [2.45, 2.75) is 19.3 Å². The molecule has 86 valence electrons. The lowest BCUT2D eigenvalue weighted by Crippen LogP contribution is -2.42. The van der Waals surface area contributed by atoms with Gasteiger partial charge in [0.15, 0.2) is 0 Å². The molecule has 0 aromatic heterocycles. The monoisotopic (exact) mass is 221 g/mol. The number of esters is 1. The molecular weight excluding hydrogens is 206 g/mol. The second-order valence-electron chi connectivity index (χ2n) is 3.84. The molecular formula is C12H15NO3. The van der Waals surface area contributed by atoms with Crippen molar-refractivity contribution < 1.29 is 14.3 Å². The molecule has 0 fully saturated rings. The van der Waals surface area contributed by atoms with E-state index in [1.807, 2.05) is 18.2 Å². The molecule has 1 amide bonds. The first kappa shape index (κ1) is 12.2. The van der Waals surface area contributed by atoms with E-state index in [4.69, 9.17) is 10.5 Å². The van der Waals surface area contributed by atoms with Gasteiger partial charge in [-0.2, -0.15) is 0 Å². The van der Waals surface area contributed by atoms with Crippen LogP contribution in [0.5, 0.6) is 0 Å². The molecule has 1 aromatic rings. The molecule has 0 spiro atoms. The molecule has 0 unspecified atom stereocenters. The number of hydrogen-bond donors (Lipinski definition) is 1. The molecule has 0 saturated carbocycles. The number of rotatable bonds is 4. The average molecular weight is 221 g/mol. The Kier molecular flexibility index (Phi) is 3.66. The highest BCUT2D eigenvalue weighted by atomic mass is 16.5. The zero-order valence-corrected chi connectivity index (χ0v) is 9.40. The van der Waals surface area contributed by atoms with Crippen LogP contribution in [0.3, 0.4) is 0 Å². The van der Waals surface area contributed by atoms with Crippen molar-refractivity contribution in [3.8, 4) is 0 Å². The van der Waals surface area contributed by atoms with Crippen molar-refractivity contribution >= 4 is 11.9 Å². The van der Waals surface area contributed by atoms with Crippen LogP contribution >= 0.6 is 0 Å². The van der Waals surface area contributed by atoms with Crippen molar-refractivity contribution in [1.29, 1.82) is 0 Å². The van der Waals surface area contributed by atoms with Crippen LogP contribution in [0.1, 0.15) is 19.4 Å². The molecule has 4 nitrogen and oxygen atoms in total. The maximum Gasteiger partial charge on any atom is 0.302 e. The highest BCUT2D eigenvalue weighted by molar-refractivity contribution is 5.86. The van der Waals surface area contributed by atoms with Crippen molar-refractivity contribution in [3.63, 3.8) is 0 Å². The summed E-state index contributed by atoms with van der Waals surface area (Å²) in [4.78, 5) is 22.2. The van der Waals surface area contributed by atoms with E-state index in [2.05, 4.69) is 0 Å². The summed E-state index contributed by atoms with van der Waals surface area (Å²) in [7, 11) is 0. The molecule has 1 rings (SSSR count). The van der Waals surface area contributed by atoms with Crippen LogP contribution in [0.4, 0.5) is 0 Å². The maximum absolute atomic E-state index is 11.5. The quantitative estimate of drug-likeness (QED) is 0.771. The summed E-state index contributed by atoms with van der Waals surface area (Å²) in [6.45, 7) is 2.92. The van der Waals surface area contributed by atoms with Crippen LogP contribution in [0, 0.1) is 0 Å². The van der Waals surface area contributed by atoms with Gasteiger partial charge in [0.05, 0.1) is 0 Å².